The fourth-order valence-electron chi connectivity index (χ4n) is 1.48. The van der Waals surface area contributed by atoms with Gasteiger partial charge in [0, 0.05) is 36.1 Å². The average Bonchev–Trinajstić information content (AvgIpc) is 2.49. The third-order valence-electron chi connectivity index (χ3n) is 3.32. The van der Waals surface area contributed by atoms with Crippen LogP contribution in [0.1, 0.15) is 41.0 Å². The highest BCUT2D eigenvalue weighted by Crippen LogP contribution is 2.22. The summed E-state index contributed by atoms with van der Waals surface area (Å²) in [4.78, 5) is 35.0. The highest BCUT2D eigenvalue weighted by atomic mass is 32.2. The highest BCUT2D eigenvalue weighted by Gasteiger charge is 2.32. The monoisotopic (exact) mass is 362 g/mol. The van der Waals surface area contributed by atoms with E-state index in [4.69, 9.17) is 5.11 Å². The number of hydrogen-bond donors (Lipinski definition) is 4. The maximum Gasteiger partial charge on any atom is 0.249 e. The smallest absolute Gasteiger partial charge is 0.249 e. The molecule has 7 nitrogen and oxygen atoms in total. The van der Waals surface area contributed by atoms with Crippen LogP contribution in [0.25, 0.3) is 0 Å². The first-order valence-corrected chi connectivity index (χ1v) is 8.91. The molecule has 0 fully saturated rings. The molecule has 0 rings (SSSR count). The minimum absolute atomic E-state index is 0.0736. The Morgan fingerprint density at radius 1 is 1.04 bits per heavy atom. The van der Waals surface area contributed by atoms with Crippen LogP contribution in [0.2, 0.25) is 0 Å². The molecule has 2 amide bonds. The Morgan fingerprint density at radius 2 is 1.62 bits per heavy atom. The number of thioether (sulfide) groups is 1. The fourth-order valence-corrected chi connectivity index (χ4v) is 2.30. The highest BCUT2D eigenvalue weighted by molar-refractivity contribution is 8.13. The predicted molar refractivity (Wildman–Crippen MR) is 94.4 cm³/mol. The minimum atomic E-state index is -1.34. The molecule has 4 N–H and O–H groups in total. The van der Waals surface area contributed by atoms with Crippen molar-refractivity contribution in [2.24, 2.45) is 10.8 Å². The summed E-state index contributed by atoms with van der Waals surface area (Å²) >= 11 is 1.18. The van der Waals surface area contributed by atoms with Crippen molar-refractivity contribution in [3.8, 4) is 0 Å². The van der Waals surface area contributed by atoms with E-state index in [0.29, 0.717) is 12.3 Å². The Balaban J connectivity index is 3.92. The zero-order chi connectivity index (χ0) is 19.0. The molecule has 140 valence electrons. The number of amides is 2. The van der Waals surface area contributed by atoms with Gasteiger partial charge in [-0.3, -0.25) is 14.4 Å². The van der Waals surface area contributed by atoms with Crippen molar-refractivity contribution in [2.75, 3.05) is 25.4 Å². The summed E-state index contributed by atoms with van der Waals surface area (Å²) in [5.74, 6) is -0.361. The lowest BCUT2D eigenvalue weighted by atomic mass is 9.87. The van der Waals surface area contributed by atoms with Gasteiger partial charge < -0.3 is 20.8 Å². The van der Waals surface area contributed by atoms with Crippen LogP contribution in [-0.2, 0) is 14.4 Å². The van der Waals surface area contributed by atoms with E-state index in [0.717, 1.165) is 0 Å². The van der Waals surface area contributed by atoms with Crippen LogP contribution < -0.4 is 10.6 Å². The van der Waals surface area contributed by atoms with Crippen molar-refractivity contribution in [2.45, 2.75) is 47.1 Å². The largest absolute Gasteiger partial charge is 0.396 e. The van der Waals surface area contributed by atoms with E-state index in [1.54, 1.807) is 13.8 Å². The van der Waals surface area contributed by atoms with Gasteiger partial charge in [0.1, 0.15) is 6.10 Å². The van der Waals surface area contributed by atoms with E-state index >= 15 is 0 Å². The van der Waals surface area contributed by atoms with Gasteiger partial charge >= 0.3 is 0 Å². The first-order chi connectivity index (χ1) is 10.9. The molecule has 1 atom stereocenters. The van der Waals surface area contributed by atoms with Crippen molar-refractivity contribution in [1.29, 1.82) is 0 Å². The first-order valence-electron chi connectivity index (χ1n) is 7.92. The number of carbonyl (C=O) groups excluding carboxylic acids is 3. The van der Waals surface area contributed by atoms with E-state index in [9.17, 15) is 19.5 Å². The summed E-state index contributed by atoms with van der Waals surface area (Å²) in [5, 5.41) is 24.1. The number of rotatable bonds is 9. The lowest BCUT2D eigenvalue weighted by Crippen LogP contribution is -2.46. The number of aliphatic hydroxyl groups excluding tert-OH is 2. The fraction of sp³-hybridized carbons (Fsp3) is 0.812. The molecule has 0 saturated carbocycles. The summed E-state index contributed by atoms with van der Waals surface area (Å²) in [6.45, 7) is 8.81. The second kappa shape index (κ2) is 10.0. The van der Waals surface area contributed by atoms with Crippen LogP contribution in [0.3, 0.4) is 0 Å². The van der Waals surface area contributed by atoms with E-state index < -0.39 is 22.8 Å². The molecule has 0 aromatic rings. The lowest BCUT2D eigenvalue weighted by molar-refractivity contribution is -0.137. The summed E-state index contributed by atoms with van der Waals surface area (Å²) in [6, 6.07) is 0. The predicted octanol–water partition coefficient (Wildman–Crippen LogP) is 0.294. The van der Waals surface area contributed by atoms with Crippen molar-refractivity contribution in [1.82, 2.24) is 10.6 Å². The molecule has 0 aliphatic rings. The van der Waals surface area contributed by atoms with E-state index in [1.165, 1.54) is 11.8 Å². The van der Waals surface area contributed by atoms with Crippen LogP contribution in [-0.4, -0.2) is 58.7 Å². The summed E-state index contributed by atoms with van der Waals surface area (Å²) in [7, 11) is 0. The number of hydrogen-bond acceptors (Lipinski definition) is 6. The molecular formula is C16H30N2O5S. The van der Waals surface area contributed by atoms with Crippen molar-refractivity contribution in [3.05, 3.63) is 0 Å². The van der Waals surface area contributed by atoms with Crippen LogP contribution in [0.15, 0.2) is 0 Å². The molecule has 0 unspecified atom stereocenters. The molecule has 8 heteroatoms. The molecule has 0 radical (unpaired) electrons. The number of carbonyl (C=O) groups is 3. The zero-order valence-corrected chi connectivity index (χ0v) is 16.0. The van der Waals surface area contributed by atoms with E-state index in [2.05, 4.69) is 10.6 Å². The first kappa shape index (κ1) is 22.9. The number of nitrogens with one attached hydrogen (secondary N) is 2. The summed E-state index contributed by atoms with van der Waals surface area (Å²) < 4.78 is 0. The van der Waals surface area contributed by atoms with Crippen LogP contribution in [0.5, 0.6) is 0 Å². The normalized spacial score (nSPS) is 13.3. The second-order valence-corrected chi connectivity index (χ2v) is 8.39. The molecular weight excluding hydrogens is 332 g/mol. The third-order valence-corrected chi connectivity index (χ3v) is 4.60. The maximum atomic E-state index is 11.7. The third kappa shape index (κ3) is 8.65. The Kier molecular flexibility index (Phi) is 9.54. The van der Waals surface area contributed by atoms with Gasteiger partial charge in [0.2, 0.25) is 11.8 Å². The molecule has 0 bridgehead atoms. The molecule has 0 saturated heterocycles. The van der Waals surface area contributed by atoms with Crippen molar-refractivity contribution in [3.63, 3.8) is 0 Å². The molecule has 0 aliphatic heterocycles. The van der Waals surface area contributed by atoms with Gasteiger partial charge in [0.15, 0.2) is 5.12 Å². The SMILES string of the molecule is CC(C)(C)C(=O)SCCNC(=O)CCNC(=O)[C@H](O)C(C)(C)CO. The molecule has 0 aliphatic carbocycles. The number of aliphatic hydroxyl groups is 2. The van der Waals surface area contributed by atoms with Gasteiger partial charge in [-0.1, -0.05) is 46.4 Å². The van der Waals surface area contributed by atoms with Crippen LogP contribution >= 0.6 is 11.8 Å². The average molecular weight is 362 g/mol. The van der Waals surface area contributed by atoms with E-state index in [1.807, 2.05) is 20.8 Å². The molecule has 0 spiro atoms. The Hall–Kier alpha value is -1.12. The molecule has 0 aromatic heterocycles. The van der Waals surface area contributed by atoms with Crippen molar-refractivity contribution >= 4 is 28.7 Å². The van der Waals surface area contributed by atoms with Gasteiger partial charge in [0.25, 0.3) is 0 Å². The Bertz CT molecular complexity index is 446. The van der Waals surface area contributed by atoms with Crippen LogP contribution in [0, 0.1) is 10.8 Å². The van der Waals surface area contributed by atoms with Gasteiger partial charge in [0.05, 0.1) is 6.61 Å². The quantitative estimate of drug-likeness (QED) is 0.438. The molecule has 0 aromatic carbocycles. The minimum Gasteiger partial charge on any atom is -0.396 e. The van der Waals surface area contributed by atoms with Gasteiger partial charge in [-0.2, -0.15) is 0 Å². The summed E-state index contributed by atoms with van der Waals surface area (Å²) in [6.07, 6.45) is -1.26. The van der Waals surface area contributed by atoms with Crippen LogP contribution in [0.4, 0.5) is 0 Å². The zero-order valence-electron chi connectivity index (χ0n) is 15.1. The standard InChI is InChI=1S/C16H30N2O5S/c1-15(2,3)14(23)24-9-8-17-11(20)6-7-18-13(22)12(21)16(4,5)10-19/h12,19,21H,6-10H2,1-5H3,(H,17,20)(H,18,22)/t12-/m0/s1. The topological polar surface area (TPSA) is 116 Å². The molecule has 0 heterocycles. The second-order valence-electron chi connectivity index (χ2n) is 7.33. The van der Waals surface area contributed by atoms with E-state index in [-0.39, 0.29) is 30.6 Å². The molecule has 24 heavy (non-hydrogen) atoms. The van der Waals surface area contributed by atoms with Gasteiger partial charge in [-0.05, 0) is 0 Å². The van der Waals surface area contributed by atoms with Crippen molar-refractivity contribution < 1.29 is 24.6 Å². The maximum absolute atomic E-state index is 11.7. The lowest BCUT2D eigenvalue weighted by Gasteiger charge is -2.27. The summed E-state index contributed by atoms with van der Waals surface area (Å²) in [5.41, 5.74) is -1.34. The van der Waals surface area contributed by atoms with Gasteiger partial charge in [-0.15, -0.1) is 0 Å². The Labute approximate surface area is 148 Å². The Morgan fingerprint density at radius 3 is 2.12 bits per heavy atom. The van der Waals surface area contributed by atoms with Gasteiger partial charge in [-0.25, -0.2) is 0 Å².